The smallest absolute Gasteiger partial charge is 0.302 e. The number of aromatic amines is 1. The van der Waals surface area contributed by atoms with Crippen molar-refractivity contribution < 1.29 is 14.7 Å². The van der Waals surface area contributed by atoms with Crippen molar-refractivity contribution in [1.82, 2.24) is 15.0 Å². The van der Waals surface area contributed by atoms with Crippen LogP contribution in [0.5, 0.6) is 0 Å². The Kier molecular flexibility index (Phi) is 4.63. The molecule has 7 nitrogen and oxygen atoms in total. The maximum absolute atomic E-state index is 13.1. The number of ketones is 1. The van der Waals surface area contributed by atoms with Crippen molar-refractivity contribution in [3.8, 4) is 0 Å². The maximum Gasteiger partial charge on any atom is 0.302 e. The molecule has 5 rings (SSSR count). The lowest BCUT2D eigenvalue weighted by Crippen LogP contribution is -2.30. The fraction of sp³-hybridized carbons (Fsp3) is 0.0435. The number of benzene rings is 2. The molecule has 3 heterocycles. The number of nitrogens with zero attached hydrogens (tertiary/aromatic N) is 3. The van der Waals surface area contributed by atoms with Crippen LogP contribution in [0, 0.1) is 0 Å². The fourth-order valence-corrected chi connectivity index (χ4v) is 3.95. The molecule has 0 radical (unpaired) electrons. The Labute approximate surface area is 185 Å². The van der Waals surface area contributed by atoms with Gasteiger partial charge < -0.3 is 10.1 Å². The number of Topliss-reactive ketones (excluding diaryl/α,β-unsaturated/α-hetero) is 1. The lowest BCUT2D eigenvalue weighted by atomic mass is 9.98. The number of carbonyl (C=O) groups is 2. The Bertz CT molecular complexity index is 1310. The van der Waals surface area contributed by atoms with E-state index in [1.165, 1.54) is 4.90 Å². The highest BCUT2D eigenvalue weighted by Gasteiger charge is 2.48. The van der Waals surface area contributed by atoms with Gasteiger partial charge in [0.05, 0.1) is 22.3 Å². The zero-order valence-corrected chi connectivity index (χ0v) is 17.6. The fourth-order valence-electron chi connectivity index (χ4n) is 3.69. The highest BCUT2D eigenvalue weighted by Crippen LogP contribution is 2.41. The molecule has 152 valence electrons. The molecule has 1 aliphatic rings. The number of aliphatic hydroxyl groups excluding tert-OH is 1. The summed E-state index contributed by atoms with van der Waals surface area (Å²) in [7, 11) is 0. The standard InChI is InChI=1S/C23H15BrN4O3/c24-14-10-8-13(9-11-14)20(29)18-19(17-7-3-4-12-25-17)28(22(31)21(18)30)23-26-15-5-1-2-6-16(15)27-23/h1-12,19,29H,(H,26,27)/b20-18+. The number of imidazole rings is 1. The second-order valence-electron chi connectivity index (χ2n) is 7.01. The minimum Gasteiger partial charge on any atom is -0.507 e. The third-order valence-electron chi connectivity index (χ3n) is 5.14. The molecule has 0 aliphatic carbocycles. The van der Waals surface area contributed by atoms with Gasteiger partial charge in [0.25, 0.3) is 5.78 Å². The van der Waals surface area contributed by atoms with E-state index < -0.39 is 17.7 Å². The molecule has 0 bridgehead atoms. The number of H-pyrrole nitrogens is 1. The van der Waals surface area contributed by atoms with E-state index in [9.17, 15) is 14.7 Å². The number of halogens is 1. The Morgan fingerprint density at radius 3 is 2.45 bits per heavy atom. The van der Waals surface area contributed by atoms with Crippen molar-refractivity contribution in [2.24, 2.45) is 0 Å². The molecule has 1 atom stereocenters. The monoisotopic (exact) mass is 474 g/mol. The van der Waals surface area contributed by atoms with E-state index in [-0.39, 0.29) is 17.3 Å². The van der Waals surface area contributed by atoms with Crippen LogP contribution in [0.2, 0.25) is 0 Å². The summed E-state index contributed by atoms with van der Waals surface area (Å²) in [5.74, 6) is -1.63. The molecule has 8 heteroatoms. The molecule has 1 aliphatic heterocycles. The molecule has 1 unspecified atom stereocenters. The molecule has 4 aromatic rings. The van der Waals surface area contributed by atoms with Crippen LogP contribution >= 0.6 is 15.9 Å². The topological polar surface area (TPSA) is 99.2 Å². The molecule has 2 aromatic carbocycles. The first-order valence-electron chi connectivity index (χ1n) is 9.47. The number of pyridine rings is 1. The van der Waals surface area contributed by atoms with Crippen LogP contribution in [0.1, 0.15) is 17.3 Å². The normalized spacial score (nSPS) is 18.1. The summed E-state index contributed by atoms with van der Waals surface area (Å²) in [5.41, 5.74) is 2.22. The molecule has 1 saturated heterocycles. The van der Waals surface area contributed by atoms with E-state index in [0.717, 1.165) is 9.99 Å². The SMILES string of the molecule is O=C1C(=O)N(c2nc3ccccc3[nH]2)C(c2ccccn2)/C1=C(\O)c1ccc(Br)cc1. The Morgan fingerprint density at radius 1 is 1.00 bits per heavy atom. The number of hydrogen-bond acceptors (Lipinski definition) is 5. The first kappa shape index (κ1) is 19.2. The summed E-state index contributed by atoms with van der Waals surface area (Å²) in [4.78, 5) is 39.4. The number of hydrogen-bond donors (Lipinski definition) is 2. The molecule has 0 spiro atoms. The average molecular weight is 475 g/mol. The molecular formula is C23H15BrN4O3. The summed E-state index contributed by atoms with van der Waals surface area (Å²) in [6, 6.07) is 18.5. The van der Waals surface area contributed by atoms with Crippen LogP contribution in [0.4, 0.5) is 5.95 Å². The number of anilines is 1. The Morgan fingerprint density at radius 2 is 1.74 bits per heavy atom. The van der Waals surface area contributed by atoms with Gasteiger partial charge in [0.15, 0.2) is 0 Å². The minimum atomic E-state index is -0.926. The number of amides is 1. The molecule has 1 fully saturated rings. The number of rotatable bonds is 3. The average Bonchev–Trinajstić information content (AvgIpc) is 3.33. The lowest BCUT2D eigenvalue weighted by molar-refractivity contribution is -0.132. The summed E-state index contributed by atoms with van der Waals surface area (Å²) < 4.78 is 0.827. The lowest BCUT2D eigenvalue weighted by Gasteiger charge is -2.22. The molecule has 0 saturated carbocycles. The van der Waals surface area contributed by atoms with Crippen LogP contribution in [0.15, 0.2) is 83.0 Å². The van der Waals surface area contributed by atoms with E-state index in [1.54, 1.807) is 48.7 Å². The number of aromatic nitrogens is 3. The van der Waals surface area contributed by atoms with Crippen molar-refractivity contribution >= 4 is 50.4 Å². The predicted molar refractivity (Wildman–Crippen MR) is 119 cm³/mol. The first-order valence-corrected chi connectivity index (χ1v) is 10.3. The van der Waals surface area contributed by atoms with Crippen molar-refractivity contribution in [2.45, 2.75) is 6.04 Å². The highest BCUT2D eigenvalue weighted by molar-refractivity contribution is 9.10. The summed E-state index contributed by atoms with van der Waals surface area (Å²) in [5, 5.41) is 11.0. The number of fused-ring (bicyclic) bond motifs is 1. The van der Waals surface area contributed by atoms with E-state index >= 15 is 0 Å². The van der Waals surface area contributed by atoms with E-state index in [2.05, 4.69) is 30.9 Å². The number of carbonyl (C=O) groups excluding carboxylic acids is 2. The van der Waals surface area contributed by atoms with Crippen LogP contribution in [0.3, 0.4) is 0 Å². The van der Waals surface area contributed by atoms with E-state index in [1.807, 2.05) is 24.3 Å². The molecule has 1 amide bonds. The third-order valence-corrected chi connectivity index (χ3v) is 5.66. The molecular weight excluding hydrogens is 460 g/mol. The van der Waals surface area contributed by atoms with Gasteiger partial charge in [-0.3, -0.25) is 19.5 Å². The van der Waals surface area contributed by atoms with Crippen molar-refractivity contribution in [1.29, 1.82) is 0 Å². The van der Waals surface area contributed by atoms with Gasteiger partial charge in [-0.25, -0.2) is 4.98 Å². The quantitative estimate of drug-likeness (QED) is 0.261. The summed E-state index contributed by atoms with van der Waals surface area (Å²) in [6.07, 6.45) is 1.58. The van der Waals surface area contributed by atoms with Gasteiger partial charge in [0.2, 0.25) is 5.95 Å². The van der Waals surface area contributed by atoms with Crippen molar-refractivity contribution in [2.75, 3.05) is 4.90 Å². The van der Waals surface area contributed by atoms with Gasteiger partial charge in [-0.2, -0.15) is 0 Å². The zero-order valence-electron chi connectivity index (χ0n) is 16.0. The van der Waals surface area contributed by atoms with Crippen LogP contribution in [-0.2, 0) is 9.59 Å². The van der Waals surface area contributed by atoms with Gasteiger partial charge in [0.1, 0.15) is 11.8 Å². The molecule has 2 aromatic heterocycles. The zero-order chi connectivity index (χ0) is 21.5. The Hall–Kier alpha value is -3.78. The number of aliphatic hydroxyl groups is 1. The minimum absolute atomic E-state index is 0.0357. The van der Waals surface area contributed by atoms with Gasteiger partial charge >= 0.3 is 5.91 Å². The number of nitrogens with one attached hydrogen (secondary N) is 1. The molecule has 2 N–H and O–H groups in total. The third kappa shape index (κ3) is 3.21. The van der Waals surface area contributed by atoms with Gasteiger partial charge in [-0.05, 0) is 36.4 Å². The second-order valence-corrected chi connectivity index (χ2v) is 7.92. The highest BCUT2D eigenvalue weighted by atomic mass is 79.9. The van der Waals surface area contributed by atoms with Crippen molar-refractivity contribution in [3.05, 3.63) is 94.2 Å². The second kappa shape index (κ2) is 7.48. The summed E-state index contributed by atoms with van der Waals surface area (Å²) in [6.45, 7) is 0. The molecule has 31 heavy (non-hydrogen) atoms. The predicted octanol–water partition coefficient (Wildman–Crippen LogP) is 4.35. The van der Waals surface area contributed by atoms with Crippen molar-refractivity contribution in [3.63, 3.8) is 0 Å². The van der Waals surface area contributed by atoms with E-state index in [0.29, 0.717) is 16.8 Å². The number of para-hydroxylation sites is 2. The van der Waals surface area contributed by atoms with Crippen LogP contribution in [-0.4, -0.2) is 31.7 Å². The van der Waals surface area contributed by atoms with Crippen LogP contribution in [0.25, 0.3) is 16.8 Å². The van der Waals surface area contributed by atoms with Gasteiger partial charge in [-0.1, -0.05) is 46.3 Å². The Balaban J connectivity index is 1.73. The largest absolute Gasteiger partial charge is 0.507 e. The van der Waals surface area contributed by atoms with Gasteiger partial charge in [-0.15, -0.1) is 0 Å². The van der Waals surface area contributed by atoms with Gasteiger partial charge in [0, 0.05) is 16.2 Å². The van der Waals surface area contributed by atoms with E-state index in [4.69, 9.17) is 0 Å². The van der Waals surface area contributed by atoms with Crippen LogP contribution < -0.4 is 4.90 Å². The maximum atomic E-state index is 13.1. The first-order chi connectivity index (χ1) is 15.0. The summed E-state index contributed by atoms with van der Waals surface area (Å²) >= 11 is 3.36.